The third kappa shape index (κ3) is 1.99. The number of nitrogens with two attached hydrogens (primary N) is 1. The van der Waals surface area contributed by atoms with E-state index in [-0.39, 0.29) is 5.54 Å². The van der Waals surface area contributed by atoms with Crippen molar-refractivity contribution in [2.75, 3.05) is 18.0 Å². The predicted molar refractivity (Wildman–Crippen MR) is 58.7 cm³/mol. The minimum Gasteiger partial charge on any atom is -0.355 e. The molecule has 1 unspecified atom stereocenters. The highest BCUT2D eigenvalue weighted by atomic mass is 35.5. The summed E-state index contributed by atoms with van der Waals surface area (Å²) in [6.07, 6.45) is 1.00. The first-order valence-electron chi connectivity index (χ1n) is 4.73. The van der Waals surface area contributed by atoms with Gasteiger partial charge in [0.15, 0.2) is 0 Å². The van der Waals surface area contributed by atoms with Crippen LogP contribution in [0.15, 0.2) is 18.2 Å². The van der Waals surface area contributed by atoms with Gasteiger partial charge in [-0.3, -0.25) is 0 Å². The van der Waals surface area contributed by atoms with Crippen molar-refractivity contribution < 1.29 is 0 Å². The minimum absolute atomic E-state index is 0.0933. The summed E-state index contributed by atoms with van der Waals surface area (Å²) in [6.45, 7) is 3.87. The lowest BCUT2D eigenvalue weighted by atomic mass is 10.0. The molecule has 0 saturated carbocycles. The molecule has 1 aromatic heterocycles. The topological polar surface area (TPSA) is 42.1 Å². The molecule has 2 N–H and O–H groups in total. The van der Waals surface area contributed by atoms with Gasteiger partial charge in [-0.15, -0.1) is 0 Å². The standard InChI is InChI=1S/C10H14ClN3/c1-10(12)5-6-14(7-10)9-4-2-3-8(11)13-9/h2-4H,5-7,12H2,1H3. The van der Waals surface area contributed by atoms with Crippen LogP contribution in [0.4, 0.5) is 5.82 Å². The van der Waals surface area contributed by atoms with E-state index in [0.717, 1.165) is 25.3 Å². The van der Waals surface area contributed by atoms with Gasteiger partial charge in [-0.2, -0.15) is 0 Å². The number of nitrogens with zero attached hydrogens (tertiary/aromatic N) is 2. The molecule has 0 aromatic carbocycles. The summed E-state index contributed by atoms with van der Waals surface area (Å²) in [7, 11) is 0. The number of halogens is 1. The zero-order valence-electron chi connectivity index (χ0n) is 8.20. The van der Waals surface area contributed by atoms with Crippen molar-refractivity contribution in [1.82, 2.24) is 4.98 Å². The fourth-order valence-corrected chi connectivity index (χ4v) is 1.91. The van der Waals surface area contributed by atoms with E-state index in [1.807, 2.05) is 12.1 Å². The first-order valence-corrected chi connectivity index (χ1v) is 5.11. The van der Waals surface area contributed by atoms with Crippen molar-refractivity contribution in [2.24, 2.45) is 5.73 Å². The third-order valence-electron chi connectivity index (χ3n) is 2.53. The molecule has 1 aliphatic rings. The van der Waals surface area contributed by atoms with Crippen LogP contribution in [0.1, 0.15) is 13.3 Å². The Balaban J connectivity index is 2.17. The number of hydrogen-bond donors (Lipinski definition) is 1. The number of hydrogen-bond acceptors (Lipinski definition) is 3. The van der Waals surface area contributed by atoms with Crippen LogP contribution in [0.3, 0.4) is 0 Å². The molecule has 1 saturated heterocycles. The highest BCUT2D eigenvalue weighted by Gasteiger charge is 2.30. The van der Waals surface area contributed by atoms with Gasteiger partial charge in [-0.1, -0.05) is 17.7 Å². The molecule has 1 aliphatic heterocycles. The Hall–Kier alpha value is -0.800. The highest BCUT2D eigenvalue weighted by molar-refractivity contribution is 6.29. The maximum atomic E-state index is 6.04. The van der Waals surface area contributed by atoms with Crippen molar-refractivity contribution in [3.8, 4) is 0 Å². The van der Waals surface area contributed by atoms with Gasteiger partial charge in [0.1, 0.15) is 11.0 Å². The van der Waals surface area contributed by atoms with E-state index in [9.17, 15) is 0 Å². The van der Waals surface area contributed by atoms with Crippen molar-refractivity contribution >= 4 is 17.4 Å². The van der Waals surface area contributed by atoms with Crippen LogP contribution in [0.2, 0.25) is 5.15 Å². The number of rotatable bonds is 1. The van der Waals surface area contributed by atoms with E-state index in [2.05, 4.69) is 16.8 Å². The van der Waals surface area contributed by atoms with E-state index in [0.29, 0.717) is 5.15 Å². The quantitative estimate of drug-likeness (QED) is 0.719. The second-order valence-electron chi connectivity index (χ2n) is 4.14. The van der Waals surface area contributed by atoms with Crippen LogP contribution < -0.4 is 10.6 Å². The number of pyridine rings is 1. The molecule has 0 bridgehead atoms. The Morgan fingerprint density at radius 3 is 2.93 bits per heavy atom. The van der Waals surface area contributed by atoms with Crippen LogP contribution in [0, 0.1) is 0 Å². The summed E-state index contributed by atoms with van der Waals surface area (Å²) in [5, 5.41) is 0.535. The van der Waals surface area contributed by atoms with E-state index >= 15 is 0 Å². The first-order chi connectivity index (χ1) is 6.57. The van der Waals surface area contributed by atoms with Crippen molar-refractivity contribution in [2.45, 2.75) is 18.9 Å². The van der Waals surface area contributed by atoms with Gasteiger partial charge < -0.3 is 10.6 Å². The molecule has 0 spiro atoms. The summed E-state index contributed by atoms with van der Waals surface area (Å²) in [4.78, 5) is 6.43. The first kappa shape index (κ1) is 9.74. The summed E-state index contributed by atoms with van der Waals surface area (Å²) >= 11 is 5.83. The maximum Gasteiger partial charge on any atom is 0.131 e. The maximum absolute atomic E-state index is 6.04. The molecule has 0 amide bonds. The molecule has 1 fully saturated rings. The van der Waals surface area contributed by atoms with Gasteiger partial charge in [0, 0.05) is 18.6 Å². The lowest BCUT2D eigenvalue weighted by Gasteiger charge is -2.20. The van der Waals surface area contributed by atoms with Crippen LogP contribution in [0.25, 0.3) is 0 Å². The third-order valence-corrected chi connectivity index (χ3v) is 2.74. The van der Waals surface area contributed by atoms with Gasteiger partial charge in [0.2, 0.25) is 0 Å². The summed E-state index contributed by atoms with van der Waals surface area (Å²) in [5.41, 5.74) is 5.95. The lowest BCUT2D eigenvalue weighted by molar-refractivity contribution is 0.524. The van der Waals surface area contributed by atoms with Crippen LogP contribution in [-0.2, 0) is 0 Å². The van der Waals surface area contributed by atoms with Gasteiger partial charge in [-0.25, -0.2) is 4.98 Å². The van der Waals surface area contributed by atoms with E-state index < -0.39 is 0 Å². The van der Waals surface area contributed by atoms with Gasteiger partial charge in [-0.05, 0) is 25.5 Å². The largest absolute Gasteiger partial charge is 0.355 e. The Kier molecular flexibility index (Phi) is 2.37. The van der Waals surface area contributed by atoms with Crippen molar-refractivity contribution in [3.63, 3.8) is 0 Å². The SMILES string of the molecule is CC1(N)CCN(c2cccc(Cl)n2)C1. The van der Waals surface area contributed by atoms with E-state index in [1.165, 1.54) is 0 Å². The molecule has 4 heteroatoms. The Bertz CT molecular complexity index is 338. The number of aromatic nitrogens is 1. The Morgan fingerprint density at radius 2 is 2.36 bits per heavy atom. The minimum atomic E-state index is -0.0933. The van der Waals surface area contributed by atoms with Gasteiger partial charge >= 0.3 is 0 Å². The lowest BCUT2D eigenvalue weighted by Crippen LogP contribution is -2.39. The summed E-state index contributed by atoms with van der Waals surface area (Å²) < 4.78 is 0. The molecular formula is C10H14ClN3. The van der Waals surface area contributed by atoms with E-state index in [1.54, 1.807) is 6.07 Å². The molecule has 76 valence electrons. The van der Waals surface area contributed by atoms with Crippen molar-refractivity contribution in [3.05, 3.63) is 23.4 Å². The molecular weight excluding hydrogens is 198 g/mol. The van der Waals surface area contributed by atoms with Crippen LogP contribution in [0.5, 0.6) is 0 Å². The summed E-state index contributed by atoms with van der Waals surface area (Å²) in [5.74, 6) is 0.923. The van der Waals surface area contributed by atoms with Gasteiger partial charge in [0.05, 0.1) is 0 Å². The average molecular weight is 212 g/mol. The molecule has 3 nitrogen and oxygen atoms in total. The fourth-order valence-electron chi connectivity index (χ4n) is 1.75. The Morgan fingerprint density at radius 1 is 1.57 bits per heavy atom. The number of anilines is 1. The molecule has 2 rings (SSSR count). The zero-order valence-corrected chi connectivity index (χ0v) is 8.96. The normalized spacial score (nSPS) is 26.9. The molecule has 1 atom stereocenters. The van der Waals surface area contributed by atoms with E-state index in [4.69, 9.17) is 17.3 Å². The van der Waals surface area contributed by atoms with Crippen LogP contribution >= 0.6 is 11.6 Å². The smallest absolute Gasteiger partial charge is 0.131 e. The highest BCUT2D eigenvalue weighted by Crippen LogP contribution is 2.23. The second kappa shape index (κ2) is 3.41. The fraction of sp³-hybridized carbons (Fsp3) is 0.500. The zero-order chi connectivity index (χ0) is 10.2. The Labute approximate surface area is 88.9 Å². The molecule has 1 aromatic rings. The predicted octanol–water partition coefficient (Wildman–Crippen LogP) is 1.66. The molecule has 0 aliphatic carbocycles. The van der Waals surface area contributed by atoms with Gasteiger partial charge in [0.25, 0.3) is 0 Å². The molecule has 14 heavy (non-hydrogen) atoms. The molecule has 0 radical (unpaired) electrons. The van der Waals surface area contributed by atoms with Crippen LogP contribution in [-0.4, -0.2) is 23.6 Å². The summed E-state index contributed by atoms with van der Waals surface area (Å²) in [6, 6.07) is 5.66. The monoisotopic (exact) mass is 211 g/mol. The van der Waals surface area contributed by atoms with Crippen molar-refractivity contribution in [1.29, 1.82) is 0 Å². The average Bonchev–Trinajstić information content (AvgIpc) is 2.46. The second-order valence-corrected chi connectivity index (χ2v) is 4.53. The molecule has 2 heterocycles.